The molecule has 154 valence electrons. The molecule has 0 aliphatic carbocycles. The molecule has 30 heavy (non-hydrogen) atoms. The Hall–Kier alpha value is -3.92. The maximum absolute atomic E-state index is 12.3. The van der Waals surface area contributed by atoms with E-state index in [1.807, 2.05) is 0 Å². The van der Waals surface area contributed by atoms with Crippen LogP contribution in [0.1, 0.15) is 6.92 Å². The minimum atomic E-state index is -2.84. The normalized spacial score (nSPS) is 18.2. The topological polar surface area (TPSA) is 154 Å². The molecule has 0 saturated heterocycles. The number of ether oxygens (including phenoxy) is 2. The fraction of sp³-hybridized carbons (Fsp3) is 0.286. The molecule has 9 heteroatoms. The van der Waals surface area contributed by atoms with Gasteiger partial charge < -0.3 is 35.0 Å². The minimum absolute atomic E-state index is 0.740. The Labute approximate surface area is 170 Å². The Balaban J connectivity index is 3.32. The van der Waals surface area contributed by atoms with Crippen LogP contribution in [0.15, 0.2) is 75.4 Å². The molecular formula is C21H16O9. The molecule has 1 aliphatic rings. The third kappa shape index (κ3) is 5.55. The van der Waals surface area contributed by atoms with Crippen molar-refractivity contribution in [2.45, 2.75) is 24.7 Å². The predicted molar refractivity (Wildman–Crippen MR) is 97.2 cm³/mol. The Kier molecular flexibility index (Phi) is 9.50. The van der Waals surface area contributed by atoms with Crippen LogP contribution in [0.3, 0.4) is 0 Å². The van der Waals surface area contributed by atoms with Crippen LogP contribution in [0.2, 0.25) is 0 Å². The van der Waals surface area contributed by atoms with Crippen LogP contribution in [-0.4, -0.2) is 68.3 Å². The molecule has 1 unspecified atom stereocenters. The summed E-state index contributed by atoms with van der Waals surface area (Å²) in [4.78, 5) is 24.2. The number of cyclic esters (lactones) is 1. The number of Topliss-reactive ketones (excluding diaryl/α,β-unsaturated/α-hetero) is 1. The summed E-state index contributed by atoms with van der Waals surface area (Å²) in [6.07, 6.45) is -1.89. The number of aliphatic hydroxyl groups excluding tert-OH is 5. The number of carbonyl (C=O) groups excluding carboxylic acids is 2. The van der Waals surface area contributed by atoms with E-state index in [1.54, 1.807) is 13.0 Å². The van der Waals surface area contributed by atoms with Crippen molar-refractivity contribution in [2.75, 3.05) is 13.2 Å². The van der Waals surface area contributed by atoms with Crippen molar-refractivity contribution < 1.29 is 44.6 Å². The Morgan fingerprint density at radius 2 is 1.63 bits per heavy atom. The number of rotatable bonds is 7. The fourth-order valence-corrected chi connectivity index (χ4v) is 2.04. The van der Waals surface area contributed by atoms with Gasteiger partial charge in [-0.2, -0.15) is 0 Å². The molecule has 0 aromatic heterocycles. The van der Waals surface area contributed by atoms with Gasteiger partial charge in [0.15, 0.2) is 5.76 Å². The van der Waals surface area contributed by atoms with Crippen molar-refractivity contribution >= 4 is 11.8 Å². The van der Waals surface area contributed by atoms with Gasteiger partial charge >= 0.3 is 5.97 Å². The predicted octanol–water partition coefficient (Wildman–Crippen LogP) is -0.727. The van der Waals surface area contributed by atoms with Crippen LogP contribution in [0.5, 0.6) is 0 Å². The van der Waals surface area contributed by atoms with E-state index in [1.165, 1.54) is 0 Å². The average molecular weight is 412 g/mol. The maximum atomic E-state index is 12.3. The van der Waals surface area contributed by atoms with E-state index in [2.05, 4.69) is 51.6 Å². The second kappa shape index (κ2) is 11.8. The lowest BCUT2D eigenvalue weighted by Gasteiger charge is -2.31. The van der Waals surface area contributed by atoms with E-state index in [-0.39, 0.29) is 0 Å². The first-order valence-corrected chi connectivity index (χ1v) is 8.18. The van der Waals surface area contributed by atoms with Gasteiger partial charge in [0.05, 0.1) is 13.2 Å². The molecule has 0 amide bonds. The highest BCUT2D eigenvalue weighted by molar-refractivity contribution is 6.03. The van der Waals surface area contributed by atoms with Crippen LogP contribution in [0.4, 0.5) is 0 Å². The van der Waals surface area contributed by atoms with Crippen LogP contribution in [-0.2, 0) is 19.1 Å². The number of hydrogen-bond acceptors (Lipinski definition) is 9. The molecule has 0 aromatic rings. The minimum Gasteiger partial charge on any atom is -0.504 e. The van der Waals surface area contributed by atoms with E-state index in [4.69, 9.17) is 19.7 Å². The molecule has 1 aliphatic heterocycles. The van der Waals surface area contributed by atoms with Gasteiger partial charge in [-0.05, 0) is 58.8 Å². The summed E-state index contributed by atoms with van der Waals surface area (Å²) < 4.78 is 9.55. The quantitative estimate of drug-likeness (QED) is 0.207. The van der Waals surface area contributed by atoms with Gasteiger partial charge in [-0.3, -0.25) is 4.79 Å². The lowest BCUT2D eigenvalue weighted by molar-refractivity contribution is -0.178. The molecule has 3 atom stereocenters. The molecular weight excluding hydrogens is 396 g/mol. The van der Waals surface area contributed by atoms with Gasteiger partial charge in [-0.25, -0.2) is 4.79 Å². The summed E-state index contributed by atoms with van der Waals surface area (Å²) in [5.74, 6) is -4.93. The summed E-state index contributed by atoms with van der Waals surface area (Å²) in [5, 5.41) is 47.8. The molecule has 0 bridgehead atoms. The summed E-state index contributed by atoms with van der Waals surface area (Å²) in [6.45, 7) is -0.452. The Morgan fingerprint density at radius 3 is 2.17 bits per heavy atom. The van der Waals surface area contributed by atoms with Crippen LogP contribution in [0.25, 0.3) is 0 Å². The third-order valence-corrected chi connectivity index (χ3v) is 3.39. The molecule has 1 heterocycles. The van der Waals surface area contributed by atoms with Crippen LogP contribution >= 0.6 is 0 Å². The zero-order valence-electron chi connectivity index (χ0n) is 15.6. The first-order valence-electron chi connectivity index (χ1n) is 8.18. The lowest BCUT2D eigenvalue weighted by atomic mass is 9.87. The molecule has 1 rings (SSSR count). The first-order chi connectivity index (χ1) is 14.4. The van der Waals surface area contributed by atoms with Crippen molar-refractivity contribution in [1.82, 2.24) is 0 Å². The van der Waals surface area contributed by atoms with Gasteiger partial charge in [0.2, 0.25) is 5.78 Å². The molecule has 0 saturated carbocycles. The van der Waals surface area contributed by atoms with Crippen molar-refractivity contribution in [3.8, 4) is 0 Å². The maximum Gasteiger partial charge on any atom is 0.379 e. The van der Waals surface area contributed by atoms with Gasteiger partial charge in [0, 0.05) is 0 Å². The molecule has 9 nitrogen and oxygen atoms in total. The highest BCUT2D eigenvalue weighted by atomic mass is 16.6. The van der Waals surface area contributed by atoms with Crippen molar-refractivity contribution in [3.63, 3.8) is 0 Å². The highest BCUT2D eigenvalue weighted by Crippen LogP contribution is 2.36. The number of allylic oxidation sites excluding steroid dienone is 1. The van der Waals surface area contributed by atoms with Crippen molar-refractivity contribution in [3.05, 3.63) is 75.4 Å². The van der Waals surface area contributed by atoms with E-state index in [0.717, 1.165) is 6.26 Å². The number of ketones is 1. The summed E-state index contributed by atoms with van der Waals surface area (Å²) in [6, 6.07) is 0. The highest BCUT2D eigenvalue weighted by Gasteiger charge is 2.61. The van der Waals surface area contributed by atoms with Gasteiger partial charge in [-0.1, -0.05) is 5.73 Å². The SMILES string of the molecule is CC=C=C=C=C=C=C=C=C=C=COC1=C(O)[C@@](C(=O)C(O)CO)([C@@H](O)CO)OC1=O. The molecule has 0 fully saturated rings. The lowest BCUT2D eigenvalue weighted by Crippen LogP contribution is -2.57. The van der Waals surface area contributed by atoms with E-state index in [9.17, 15) is 24.9 Å². The fourth-order valence-electron chi connectivity index (χ4n) is 2.04. The molecule has 0 aromatic carbocycles. The monoisotopic (exact) mass is 412 g/mol. The second-order valence-electron chi connectivity index (χ2n) is 5.25. The Morgan fingerprint density at radius 1 is 1.07 bits per heavy atom. The van der Waals surface area contributed by atoms with Gasteiger partial charge in [0.25, 0.3) is 11.4 Å². The zero-order valence-corrected chi connectivity index (χ0v) is 15.6. The number of hydrogen-bond donors (Lipinski definition) is 5. The van der Waals surface area contributed by atoms with Gasteiger partial charge in [0.1, 0.15) is 18.5 Å². The third-order valence-electron chi connectivity index (χ3n) is 3.39. The average Bonchev–Trinajstić information content (AvgIpc) is 3.01. The van der Waals surface area contributed by atoms with E-state index >= 15 is 0 Å². The number of esters is 1. The van der Waals surface area contributed by atoms with Crippen LogP contribution < -0.4 is 0 Å². The molecule has 0 spiro atoms. The molecule has 0 radical (unpaired) electrons. The summed E-state index contributed by atoms with van der Waals surface area (Å²) in [7, 11) is 0. The number of carbonyl (C=O) groups is 2. The largest absolute Gasteiger partial charge is 0.504 e. The van der Waals surface area contributed by atoms with Crippen LogP contribution in [0, 0.1) is 0 Å². The van der Waals surface area contributed by atoms with E-state index in [0.29, 0.717) is 0 Å². The van der Waals surface area contributed by atoms with Gasteiger partial charge in [-0.15, -0.1) is 0 Å². The Bertz CT molecular complexity index is 1090. The number of aliphatic hydroxyl groups is 5. The summed E-state index contributed by atoms with van der Waals surface area (Å²) in [5.41, 5.74) is 18.8. The smallest absolute Gasteiger partial charge is 0.379 e. The zero-order chi connectivity index (χ0) is 22.6. The van der Waals surface area contributed by atoms with Crippen molar-refractivity contribution in [2.24, 2.45) is 0 Å². The first kappa shape index (κ1) is 24.1. The second-order valence-corrected chi connectivity index (χ2v) is 5.25. The van der Waals surface area contributed by atoms with Crippen molar-refractivity contribution in [1.29, 1.82) is 0 Å². The summed E-state index contributed by atoms with van der Waals surface area (Å²) >= 11 is 0. The molecule has 5 N–H and O–H groups in total. The van der Waals surface area contributed by atoms with E-state index < -0.39 is 54.3 Å². The standard InChI is InChI=1S/C21H16O9/c1-2-3-4-5-6-7-8-9-10-11-12-29-17-19(27)21(16(25)14-23,30-20(17)28)18(26)15(24)13-22/h2,12,15-16,22-25,27H,13-14H2,1H3/t15?,16-,21-/m0/s1.